The summed E-state index contributed by atoms with van der Waals surface area (Å²) in [6.45, 7) is 4.88. The van der Waals surface area contributed by atoms with Crippen LogP contribution in [-0.4, -0.2) is 23.3 Å². The molecule has 1 saturated carbocycles. The van der Waals surface area contributed by atoms with Crippen LogP contribution in [0.3, 0.4) is 0 Å². The summed E-state index contributed by atoms with van der Waals surface area (Å²) in [6.07, 6.45) is 10.1. The van der Waals surface area contributed by atoms with E-state index in [1.165, 1.54) is 42.7 Å². The lowest BCUT2D eigenvalue weighted by Crippen LogP contribution is -2.35. The van der Waals surface area contributed by atoms with Crippen molar-refractivity contribution in [1.29, 1.82) is 0 Å². The first kappa shape index (κ1) is 13.9. The normalized spacial score (nSPS) is 20.5. The van der Waals surface area contributed by atoms with Gasteiger partial charge in [-0.25, -0.2) is 0 Å². The van der Waals surface area contributed by atoms with E-state index in [0.717, 1.165) is 12.8 Å². The fraction of sp³-hybridized carbons (Fsp3) is 0.714. The molecule has 1 fully saturated rings. The minimum atomic E-state index is -0.138. The number of amides is 2. The van der Waals surface area contributed by atoms with E-state index in [1.54, 1.807) is 0 Å². The zero-order valence-corrected chi connectivity index (χ0v) is 10.9. The molecule has 0 aromatic heterocycles. The molecule has 2 amide bonds. The van der Waals surface area contributed by atoms with Crippen LogP contribution in [0.25, 0.3) is 0 Å². The molecule has 0 aromatic carbocycles. The second-order valence-electron chi connectivity index (χ2n) is 4.83. The SMILES string of the molecule is CCC.O=C1C=CC(=O)N1CC1CCCCC1. The minimum Gasteiger partial charge on any atom is -0.275 e. The highest BCUT2D eigenvalue weighted by atomic mass is 16.2. The fourth-order valence-electron chi connectivity index (χ4n) is 2.24. The van der Waals surface area contributed by atoms with E-state index in [4.69, 9.17) is 0 Å². The lowest BCUT2D eigenvalue weighted by molar-refractivity contribution is -0.137. The van der Waals surface area contributed by atoms with Gasteiger partial charge >= 0.3 is 0 Å². The molecular formula is C14H23NO2. The molecule has 3 heteroatoms. The molecular weight excluding hydrogens is 214 g/mol. The lowest BCUT2D eigenvalue weighted by atomic mass is 9.89. The van der Waals surface area contributed by atoms with Gasteiger partial charge in [0, 0.05) is 18.7 Å². The smallest absolute Gasteiger partial charge is 0.253 e. The topological polar surface area (TPSA) is 37.4 Å². The van der Waals surface area contributed by atoms with Gasteiger partial charge in [0.2, 0.25) is 0 Å². The quantitative estimate of drug-likeness (QED) is 0.692. The summed E-state index contributed by atoms with van der Waals surface area (Å²) in [5.74, 6) is 0.262. The van der Waals surface area contributed by atoms with Crippen molar-refractivity contribution in [1.82, 2.24) is 4.90 Å². The Hall–Kier alpha value is -1.12. The van der Waals surface area contributed by atoms with Gasteiger partial charge in [0.05, 0.1) is 0 Å². The van der Waals surface area contributed by atoms with Crippen LogP contribution < -0.4 is 0 Å². The third-order valence-corrected chi connectivity index (χ3v) is 3.07. The first-order valence-corrected chi connectivity index (χ1v) is 6.72. The van der Waals surface area contributed by atoms with E-state index in [2.05, 4.69) is 13.8 Å². The number of hydrogen-bond acceptors (Lipinski definition) is 2. The Morgan fingerprint density at radius 3 is 2.00 bits per heavy atom. The molecule has 0 bridgehead atoms. The van der Waals surface area contributed by atoms with Gasteiger partial charge in [-0.2, -0.15) is 0 Å². The third kappa shape index (κ3) is 4.33. The molecule has 0 aromatic rings. The van der Waals surface area contributed by atoms with E-state index in [-0.39, 0.29) is 11.8 Å². The Morgan fingerprint density at radius 2 is 1.53 bits per heavy atom. The summed E-state index contributed by atoms with van der Waals surface area (Å²) < 4.78 is 0. The summed E-state index contributed by atoms with van der Waals surface area (Å²) in [7, 11) is 0. The van der Waals surface area contributed by atoms with Crippen LogP contribution in [0.2, 0.25) is 0 Å². The summed E-state index contributed by atoms with van der Waals surface area (Å²) >= 11 is 0. The van der Waals surface area contributed by atoms with Crippen molar-refractivity contribution in [2.24, 2.45) is 5.92 Å². The van der Waals surface area contributed by atoms with E-state index in [1.807, 2.05) is 0 Å². The number of hydrogen-bond donors (Lipinski definition) is 0. The van der Waals surface area contributed by atoms with Crippen molar-refractivity contribution in [3.05, 3.63) is 12.2 Å². The van der Waals surface area contributed by atoms with Crippen LogP contribution in [0.1, 0.15) is 52.4 Å². The highest BCUT2D eigenvalue weighted by Gasteiger charge is 2.26. The Kier molecular flexibility index (Phi) is 5.95. The third-order valence-electron chi connectivity index (χ3n) is 3.07. The van der Waals surface area contributed by atoms with Crippen LogP contribution in [0, 0.1) is 5.92 Å². The number of rotatable bonds is 2. The summed E-state index contributed by atoms with van der Waals surface area (Å²) in [5.41, 5.74) is 0. The van der Waals surface area contributed by atoms with E-state index < -0.39 is 0 Å². The molecule has 1 heterocycles. The van der Waals surface area contributed by atoms with Gasteiger partial charge in [0.15, 0.2) is 0 Å². The second kappa shape index (κ2) is 7.25. The van der Waals surface area contributed by atoms with Gasteiger partial charge in [0.1, 0.15) is 0 Å². The Labute approximate surface area is 104 Å². The molecule has 0 N–H and O–H groups in total. The lowest BCUT2D eigenvalue weighted by Gasteiger charge is -2.25. The molecule has 3 nitrogen and oxygen atoms in total. The first-order valence-electron chi connectivity index (χ1n) is 6.72. The van der Waals surface area contributed by atoms with Crippen molar-refractivity contribution in [3.8, 4) is 0 Å². The molecule has 0 unspecified atom stereocenters. The minimum absolute atomic E-state index is 0.138. The zero-order valence-electron chi connectivity index (χ0n) is 10.9. The molecule has 0 atom stereocenters. The fourth-order valence-corrected chi connectivity index (χ4v) is 2.24. The number of carbonyl (C=O) groups is 2. The maximum atomic E-state index is 11.3. The first-order chi connectivity index (χ1) is 8.19. The standard InChI is InChI=1S/C11H15NO2.C3H8/c13-10-6-7-11(14)12(10)8-9-4-2-1-3-5-9;1-3-2/h6-7,9H,1-5,8H2;3H2,1-2H3. The van der Waals surface area contributed by atoms with Crippen molar-refractivity contribution in [2.45, 2.75) is 52.4 Å². The number of imide groups is 1. The number of nitrogens with zero attached hydrogens (tertiary/aromatic N) is 1. The monoisotopic (exact) mass is 237 g/mol. The molecule has 1 aliphatic carbocycles. The molecule has 0 radical (unpaired) electrons. The second-order valence-corrected chi connectivity index (χ2v) is 4.83. The summed E-state index contributed by atoms with van der Waals surface area (Å²) in [5, 5.41) is 0. The molecule has 17 heavy (non-hydrogen) atoms. The molecule has 2 aliphatic rings. The van der Waals surface area contributed by atoms with Crippen LogP contribution in [0.5, 0.6) is 0 Å². The zero-order chi connectivity index (χ0) is 12.7. The van der Waals surface area contributed by atoms with Crippen molar-refractivity contribution in [2.75, 3.05) is 6.54 Å². The highest BCUT2D eigenvalue weighted by molar-refractivity contribution is 6.12. The summed E-state index contributed by atoms with van der Waals surface area (Å²) in [6, 6.07) is 0. The average molecular weight is 237 g/mol. The van der Waals surface area contributed by atoms with Gasteiger partial charge in [-0.05, 0) is 18.8 Å². The van der Waals surface area contributed by atoms with Gasteiger partial charge in [-0.3, -0.25) is 14.5 Å². The molecule has 0 spiro atoms. The largest absolute Gasteiger partial charge is 0.275 e. The van der Waals surface area contributed by atoms with E-state index in [0.29, 0.717) is 12.5 Å². The predicted molar refractivity (Wildman–Crippen MR) is 68.4 cm³/mol. The van der Waals surface area contributed by atoms with Gasteiger partial charge in [-0.1, -0.05) is 39.5 Å². The van der Waals surface area contributed by atoms with Gasteiger partial charge in [0.25, 0.3) is 11.8 Å². The molecule has 0 saturated heterocycles. The van der Waals surface area contributed by atoms with Gasteiger partial charge < -0.3 is 0 Å². The Balaban J connectivity index is 0.000000437. The Bertz CT molecular complexity index is 273. The predicted octanol–water partition coefficient (Wildman–Crippen LogP) is 2.91. The Morgan fingerprint density at radius 1 is 1.06 bits per heavy atom. The average Bonchev–Trinajstić information content (AvgIpc) is 2.63. The van der Waals surface area contributed by atoms with Crippen LogP contribution >= 0.6 is 0 Å². The summed E-state index contributed by atoms with van der Waals surface area (Å²) in [4.78, 5) is 23.9. The van der Waals surface area contributed by atoms with E-state index in [9.17, 15) is 9.59 Å². The maximum Gasteiger partial charge on any atom is 0.253 e. The van der Waals surface area contributed by atoms with Gasteiger partial charge in [-0.15, -0.1) is 0 Å². The van der Waals surface area contributed by atoms with Crippen molar-refractivity contribution >= 4 is 11.8 Å². The van der Waals surface area contributed by atoms with Crippen LogP contribution in [-0.2, 0) is 9.59 Å². The van der Waals surface area contributed by atoms with Crippen molar-refractivity contribution in [3.63, 3.8) is 0 Å². The highest BCUT2D eigenvalue weighted by Crippen LogP contribution is 2.25. The number of carbonyl (C=O) groups excluding carboxylic acids is 2. The molecule has 96 valence electrons. The maximum absolute atomic E-state index is 11.3. The van der Waals surface area contributed by atoms with E-state index >= 15 is 0 Å². The molecule has 2 rings (SSSR count). The van der Waals surface area contributed by atoms with Crippen LogP contribution in [0.15, 0.2) is 12.2 Å². The van der Waals surface area contributed by atoms with Crippen molar-refractivity contribution < 1.29 is 9.59 Å². The van der Waals surface area contributed by atoms with Crippen LogP contribution in [0.4, 0.5) is 0 Å². The molecule has 1 aliphatic heterocycles.